The topological polar surface area (TPSA) is 45.7 Å². The van der Waals surface area contributed by atoms with Gasteiger partial charge in [0.15, 0.2) is 0 Å². The van der Waals surface area contributed by atoms with Gasteiger partial charge in [-0.3, -0.25) is 4.90 Å². The van der Waals surface area contributed by atoms with Crippen LogP contribution in [0.4, 0.5) is 10.6 Å². The molecule has 2 heterocycles. The van der Waals surface area contributed by atoms with Gasteiger partial charge in [0, 0.05) is 26.3 Å². The van der Waals surface area contributed by atoms with E-state index in [1.54, 1.807) is 23.0 Å². The van der Waals surface area contributed by atoms with Crippen LogP contribution in [0, 0.1) is 0 Å². The van der Waals surface area contributed by atoms with Crippen molar-refractivity contribution < 1.29 is 9.53 Å². The lowest BCUT2D eigenvalue weighted by molar-refractivity contribution is 0.0551. The van der Waals surface area contributed by atoms with Gasteiger partial charge in [-0.25, -0.2) is 9.78 Å². The van der Waals surface area contributed by atoms with Crippen LogP contribution < -0.4 is 4.90 Å². The summed E-state index contributed by atoms with van der Waals surface area (Å²) in [6.07, 6.45) is 1.68. The molecule has 5 heteroatoms. The van der Waals surface area contributed by atoms with Crippen molar-refractivity contribution in [2.45, 2.75) is 0 Å². The number of carbonyl (C=O) groups excluding carboxylic acids is 1. The molecule has 1 aliphatic rings. The Morgan fingerprint density at radius 1 is 1.44 bits per heavy atom. The molecule has 0 aromatic carbocycles. The smallest absolute Gasteiger partial charge is 0.325 e. The minimum atomic E-state index is -0.0259. The van der Waals surface area contributed by atoms with E-state index in [0.29, 0.717) is 32.1 Å². The van der Waals surface area contributed by atoms with Crippen LogP contribution in [0.3, 0.4) is 0 Å². The number of anilines is 1. The van der Waals surface area contributed by atoms with Gasteiger partial charge in [0.25, 0.3) is 0 Å². The van der Waals surface area contributed by atoms with Gasteiger partial charge in [-0.1, -0.05) is 6.07 Å². The minimum absolute atomic E-state index is 0.0259. The Morgan fingerprint density at radius 3 is 2.81 bits per heavy atom. The van der Waals surface area contributed by atoms with Crippen molar-refractivity contribution in [2.75, 3.05) is 38.3 Å². The third-order valence-electron chi connectivity index (χ3n) is 2.56. The molecule has 0 atom stereocenters. The molecule has 0 aliphatic carbocycles. The van der Waals surface area contributed by atoms with Crippen LogP contribution in [-0.4, -0.2) is 49.3 Å². The van der Waals surface area contributed by atoms with Crippen molar-refractivity contribution in [2.24, 2.45) is 0 Å². The Labute approximate surface area is 94.6 Å². The van der Waals surface area contributed by atoms with Crippen molar-refractivity contribution in [3.8, 4) is 0 Å². The summed E-state index contributed by atoms with van der Waals surface area (Å²) in [5, 5.41) is 0. The first-order chi connectivity index (χ1) is 7.79. The fourth-order valence-corrected chi connectivity index (χ4v) is 1.62. The molecule has 0 unspecified atom stereocenters. The van der Waals surface area contributed by atoms with Gasteiger partial charge in [0.2, 0.25) is 0 Å². The van der Waals surface area contributed by atoms with Crippen LogP contribution >= 0.6 is 0 Å². The summed E-state index contributed by atoms with van der Waals surface area (Å²) in [4.78, 5) is 19.5. The van der Waals surface area contributed by atoms with E-state index < -0.39 is 0 Å². The predicted molar refractivity (Wildman–Crippen MR) is 60.4 cm³/mol. The minimum Gasteiger partial charge on any atom is -0.378 e. The molecular weight excluding hydrogens is 206 g/mol. The van der Waals surface area contributed by atoms with E-state index in [2.05, 4.69) is 4.98 Å². The first kappa shape index (κ1) is 10.9. The molecule has 1 aromatic rings. The lowest BCUT2D eigenvalue weighted by Gasteiger charge is -2.30. The molecule has 86 valence electrons. The third-order valence-corrected chi connectivity index (χ3v) is 2.56. The molecule has 16 heavy (non-hydrogen) atoms. The third kappa shape index (κ3) is 2.30. The Balaban J connectivity index is 2.04. The number of hydrogen-bond acceptors (Lipinski definition) is 3. The first-order valence-corrected chi connectivity index (χ1v) is 5.30. The van der Waals surface area contributed by atoms with E-state index in [9.17, 15) is 4.79 Å². The fraction of sp³-hybridized carbons (Fsp3) is 0.455. The monoisotopic (exact) mass is 221 g/mol. The zero-order valence-corrected chi connectivity index (χ0v) is 9.30. The van der Waals surface area contributed by atoms with Gasteiger partial charge >= 0.3 is 6.03 Å². The molecule has 0 radical (unpaired) electrons. The zero-order valence-electron chi connectivity index (χ0n) is 9.30. The number of rotatable bonds is 1. The van der Waals surface area contributed by atoms with E-state index >= 15 is 0 Å². The summed E-state index contributed by atoms with van der Waals surface area (Å²) in [5.74, 6) is 0.666. The summed E-state index contributed by atoms with van der Waals surface area (Å²) in [5.41, 5.74) is 0. The van der Waals surface area contributed by atoms with E-state index in [4.69, 9.17) is 4.74 Å². The Morgan fingerprint density at radius 2 is 2.19 bits per heavy atom. The zero-order chi connectivity index (χ0) is 11.4. The van der Waals surface area contributed by atoms with Crippen molar-refractivity contribution >= 4 is 11.8 Å². The Hall–Kier alpha value is -1.62. The van der Waals surface area contributed by atoms with Crippen molar-refractivity contribution in [3.05, 3.63) is 24.4 Å². The molecule has 1 aliphatic heterocycles. The van der Waals surface area contributed by atoms with Crippen LogP contribution in [0.2, 0.25) is 0 Å². The lowest BCUT2D eigenvalue weighted by Crippen LogP contribution is -2.47. The number of hydrogen-bond donors (Lipinski definition) is 0. The molecule has 2 rings (SSSR count). The van der Waals surface area contributed by atoms with Crippen molar-refractivity contribution in [1.29, 1.82) is 0 Å². The highest BCUT2D eigenvalue weighted by Crippen LogP contribution is 2.10. The van der Waals surface area contributed by atoms with Crippen LogP contribution in [0.5, 0.6) is 0 Å². The quantitative estimate of drug-likeness (QED) is 0.710. The van der Waals surface area contributed by atoms with Crippen molar-refractivity contribution in [1.82, 2.24) is 9.88 Å². The summed E-state index contributed by atoms with van der Waals surface area (Å²) < 4.78 is 5.21. The summed E-state index contributed by atoms with van der Waals surface area (Å²) in [7, 11) is 1.74. The van der Waals surface area contributed by atoms with Gasteiger partial charge < -0.3 is 9.64 Å². The summed E-state index contributed by atoms with van der Waals surface area (Å²) >= 11 is 0. The number of nitrogens with zero attached hydrogens (tertiary/aromatic N) is 3. The maximum Gasteiger partial charge on any atom is 0.325 e. The molecule has 1 aromatic heterocycles. The van der Waals surface area contributed by atoms with Gasteiger partial charge in [-0.15, -0.1) is 0 Å². The van der Waals surface area contributed by atoms with E-state index in [1.807, 2.05) is 18.2 Å². The molecule has 0 N–H and O–H groups in total. The number of ether oxygens (including phenoxy) is 1. The highest BCUT2D eigenvalue weighted by Gasteiger charge is 2.21. The van der Waals surface area contributed by atoms with E-state index in [0.717, 1.165) is 0 Å². The largest absolute Gasteiger partial charge is 0.378 e. The van der Waals surface area contributed by atoms with Crippen molar-refractivity contribution in [3.63, 3.8) is 0 Å². The van der Waals surface area contributed by atoms with Crippen LogP contribution in [0.25, 0.3) is 0 Å². The second-order valence-corrected chi connectivity index (χ2v) is 3.63. The van der Waals surface area contributed by atoms with Gasteiger partial charge in [-0.2, -0.15) is 0 Å². The molecule has 1 saturated heterocycles. The number of pyridine rings is 1. The molecule has 0 saturated carbocycles. The summed E-state index contributed by atoms with van der Waals surface area (Å²) in [6, 6.07) is 5.49. The second-order valence-electron chi connectivity index (χ2n) is 3.63. The van der Waals surface area contributed by atoms with Gasteiger partial charge in [-0.05, 0) is 12.1 Å². The van der Waals surface area contributed by atoms with Crippen LogP contribution in [-0.2, 0) is 4.74 Å². The Bertz CT molecular complexity index is 350. The maximum absolute atomic E-state index is 12.1. The van der Waals surface area contributed by atoms with E-state index in [-0.39, 0.29) is 6.03 Å². The molecule has 0 spiro atoms. The fourth-order valence-electron chi connectivity index (χ4n) is 1.62. The molecular formula is C11H15N3O2. The SMILES string of the molecule is CN(C(=O)N1CCOCC1)c1ccccn1. The molecule has 0 bridgehead atoms. The summed E-state index contributed by atoms with van der Waals surface area (Å²) in [6.45, 7) is 2.52. The highest BCUT2D eigenvalue weighted by molar-refractivity contribution is 5.90. The number of morpholine rings is 1. The van der Waals surface area contributed by atoms with Gasteiger partial charge in [0.05, 0.1) is 13.2 Å². The average Bonchev–Trinajstić information content (AvgIpc) is 2.39. The average molecular weight is 221 g/mol. The molecule has 2 amide bonds. The van der Waals surface area contributed by atoms with Gasteiger partial charge in [0.1, 0.15) is 5.82 Å². The van der Waals surface area contributed by atoms with Crippen LogP contribution in [0.1, 0.15) is 0 Å². The second kappa shape index (κ2) is 4.94. The Kier molecular flexibility index (Phi) is 3.36. The normalized spacial score (nSPS) is 15.9. The lowest BCUT2D eigenvalue weighted by atomic mass is 10.4. The number of amides is 2. The number of urea groups is 1. The first-order valence-electron chi connectivity index (χ1n) is 5.30. The predicted octanol–water partition coefficient (Wildman–Crippen LogP) is 0.970. The maximum atomic E-state index is 12.1. The molecule has 1 fully saturated rings. The highest BCUT2D eigenvalue weighted by atomic mass is 16.5. The van der Waals surface area contributed by atoms with Crippen LogP contribution in [0.15, 0.2) is 24.4 Å². The molecule has 5 nitrogen and oxygen atoms in total. The number of aromatic nitrogens is 1. The number of carbonyl (C=O) groups is 1. The van der Waals surface area contributed by atoms with E-state index in [1.165, 1.54) is 0 Å². The standard InChI is InChI=1S/C11H15N3O2/c1-13(10-4-2-3-5-12-10)11(15)14-6-8-16-9-7-14/h2-5H,6-9H2,1H3.